The van der Waals surface area contributed by atoms with Gasteiger partial charge in [0.2, 0.25) is 0 Å². The van der Waals surface area contributed by atoms with Crippen LogP contribution in [0.1, 0.15) is 5.56 Å². The fourth-order valence-electron chi connectivity index (χ4n) is 1.25. The van der Waals surface area contributed by atoms with E-state index < -0.39 is 11.8 Å². The normalized spacial score (nSPS) is 9.80. The number of carbonyl (C=O) groups is 1. The van der Waals surface area contributed by atoms with Gasteiger partial charge in [0, 0.05) is 25.3 Å². The molecule has 1 aromatic carbocycles. The lowest BCUT2D eigenvalue weighted by molar-refractivity contribution is -0.130. The maximum Gasteiger partial charge on any atom is 0.335 e. The summed E-state index contributed by atoms with van der Waals surface area (Å²) in [6.45, 7) is 3.45. The molecular weight excluding hydrogens is 197 g/mol. The van der Waals surface area contributed by atoms with Crippen molar-refractivity contribution in [3.05, 3.63) is 36.2 Å². The first-order valence-corrected chi connectivity index (χ1v) is 4.33. The monoisotopic (exact) mass is 209 g/mol. The van der Waals surface area contributed by atoms with Crippen molar-refractivity contribution in [2.24, 2.45) is 0 Å². The Bertz CT molecular complexity index is 413. The van der Waals surface area contributed by atoms with Crippen LogP contribution >= 0.6 is 0 Å². The molecule has 0 aliphatic carbocycles. The van der Waals surface area contributed by atoms with Gasteiger partial charge in [-0.1, -0.05) is 6.58 Å². The van der Waals surface area contributed by atoms with Crippen molar-refractivity contribution in [2.45, 2.75) is 0 Å². The molecule has 3 nitrogen and oxygen atoms in total. The Morgan fingerprint density at radius 1 is 1.47 bits per heavy atom. The second-order valence-corrected chi connectivity index (χ2v) is 3.34. The molecule has 0 aromatic heterocycles. The number of anilines is 1. The third-order valence-corrected chi connectivity index (χ3v) is 2.02. The van der Waals surface area contributed by atoms with Gasteiger partial charge in [-0.05, 0) is 18.2 Å². The fourth-order valence-corrected chi connectivity index (χ4v) is 1.25. The Morgan fingerprint density at radius 3 is 2.53 bits per heavy atom. The van der Waals surface area contributed by atoms with Crippen LogP contribution in [0.5, 0.6) is 0 Å². The molecule has 0 amide bonds. The van der Waals surface area contributed by atoms with E-state index in [9.17, 15) is 9.18 Å². The predicted molar refractivity (Wildman–Crippen MR) is 57.4 cm³/mol. The van der Waals surface area contributed by atoms with Crippen molar-refractivity contribution < 1.29 is 14.3 Å². The predicted octanol–water partition coefficient (Wildman–Crippen LogP) is 1.99. The van der Waals surface area contributed by atoms with Gasteiger partial charge < -0.3 is 10.0 Å². The van der Waals surface area contributed by atoms with Crippen molar-refractivity contribution in [1.29, 1.82) is 0 Å². The molecule has 0 fully saturated rings. The van der Waals surface area contributed by atoms with E-state index in [0.717, 1.165) is 0 Å². The van der Waals surface area contributed by atoms with E-state index in [1.54, 1.807) is 19.0 Å². The van der Waals surface area contributed by atoms with Gasteiger partial charge in [-0.25, -0.2) is 9.18 Å². The number of halogens is 1. The Hall–Kier alpha value is -1.84. The quantitative estimate of drug-likeness (QED) is 0.774. The minimum absolute atomic E-state index is 0.0429. The lowest BCUT2D eigenvalue weighted by Crippen LogP contribution is -2.13. The van der Waals surface area contributed by atoms with E-state index in [4.69, 9.17) is 5.11 Å². The molecule has 1 aromatic rings. The number of aliphatic carboxylic acids is 1. The van der Waals surface area contributed by atoms with Gasteiger partial charge in [0.15, 0.2) is 0 Å². The molecule has 0 radical (unpaired) electrons. The summed E-state index contributed by atoms with van der Waals surface area (Å²) >= 11 is 0. The second-order valence-electron chi connectivity index (χ2n) is 3.34. The van der Waals surface area contributed by atoms with Gasteiger partial charge in [-0.2, -0.15) is 0 Å². The van der Waals surface area contributed by atoms with Crippen LogP contribution in [0.3, 0.4) is 0 Å². The van der Waals surface area contributed by atoms with Crippen LogP contribution in [-0.2, 0) is 4.79 Å². The average Bonchev–Trinajstić information content (AvgIpc) is 2.16. The Morgan fingerprint density at radius 2 is 2.07 bits per heavy atom. The third kappa shape index (κ3) is 2.34. The molecule has 1 N–H and O–H groups in total. The molecule has 0 unspecified atom stereocenters. The first kappa shape index (κ1) is 11.2. The summed E-state index contributed by atoms with van der Waals surface area (Å²) in [6, 6.07) is 3.92. The van der Waals surface area contributed by atoms with Gasteiger partial charge in [0.05, 0.1) is 5.57 Å². The SMILES string of the molecule is C=C(C(=O)O)c1ccc(F)cc1N(C)C. The molecule has 15 heavy (non-hydrogen) atoms. The highest BCUT2D eigenvalue weighted by Crippen LogP contribution is 2.25. The first-order chi connectivity index (χ1) is 6.93. The van der Waals surface area contributed by atoms with Crippen molar-refractivity contribution in [3.63, 3.8) is 0 Å². The van der Waals surface area contributed by atoms with Gasteiger partial charge in [0.25, 0.3) is 0 Å². The fraction of sp³-hybridized carbons (Fsp3) is 0.182. The molecule has 0 saturated carbocycles. The van der Waals surface area contributed by atoms with E-state index in [0.29, 0.717) is 11.3 Å². The summed E-state index contributed by atoms with van der Waals surface area (Å²) in [5.41, 5.74) is 0.884. The minimum atomic E-state index is -1.11. The zero-order chi connectivity index (χ0) is 11.6. The maximum atomic E-state index is 13.0. The third-order valence-electron chi connectivity index (χ3n) is 2.02. The second kappa shape index (κ2) is 4.13. The first-order valence-electron chi connectivity index (χ1n) is 4.33. The number of carboxylic acids is 1. The highest BCUT2D eigenvalue weighted by molar-refractivity contribution is 6.16. The van der Waals surface area contributed by atoms with E-state index in [1.807, 2.05) is 0 Å². The molecule has 0 aliphatic heterocycles. The van der Waals surface area contributed by atoms with Gasteiger partial charge >= 0.3 is 5.97 Å². The van der Waals surface area contributed by atoms with Crippen LogP contribution in [-0.4, -0.2) is 25.2 Å². The van der Waals surface area contributed by atoms with Crippen molar-refractivity contribution >= 4 is 17.2 Å². The summed E-state index contributed by atoms with van der Waals surface area (Å²) in [7, 11) is 3.43. The molecule has 0 saturated heterocycles. The zero-order valence-electron chi connectivity index (χ0n) is 8.62. The highest BCUT2D eigenvalue weighted by atomic mass is 19.1. The molecule has 0 atom stereocenters. The van der Waals surface area contributed by atoms with E-state index in [2.05, 4.69) is 6.58 Å². The summed E-state index contributed by atoms with van der Waals surface area (Å²) in [5, 5.41) is 8.80. The maximum absolute atomic E-state index is 13.0. The molecule has 1 rings (SSSR count). The Kier molecular flexibility index (Phi) is 3.09. The smallest absolute Gasteiger partial charge is 0.335 e. The number of hydrogen-bond donors (Lipinski definition) is 1. The minimum Gasteiger partial charge on any atom is -0.478 e. The van der Waals surface area contributed by atoms with E-state index in [-0.39, 0.29) is 5.57 Å². The van der Waals surface area contributed by atoms with Crippen molar-refractivity contribution in [2.75, 3.05) is 19.0 Å². The van der Waals surface area contributed by atoms with Crippen LogP contribution in [0.15, 0.2) is 24.8 Å². The number of rotatable bonds is 3. The standard InChI is InChI=1S/C11H12FNO2/c1-7(11(14)15)9-5-4-8(12)6-10(9)13(2)3/h4-6H,1H2,2-3H3,(H,14,15). The summed E-state index contributed by atoms with van der Waals surface area (Å²) in [5.74, 6) is -1.51. The van der Waals surface area contributed by atoms with Crippen LogP contribution < -0.4 is 4.90 Å². The Labute approximate surface area is 87.4 Å². The molecule has 0 bridgehead atoms. The van der Waals surface area contributed by atoms with Gasteiger partial charge in [-0.15, -0.1) is 0 Å². The lowest BCUT2D eigenvalue weighted by Gasteiger charge is -2.17. The van der Waals surface area contributed by atoms with Crippen LogP contribution in [0.4, 0.5) is 10.1 Å². The number of hydrogen-bond acceptors (Lipinski definition) is 2. The van der Waals surface area contributed by atoms with Crippen LogP contribution in [0.25, 0.3) is 5.57 Å². The van der Waals surface area contributed by atoms with E-state index in [1.165, 1.54) is 18.2 Å². The largest absolute Gasteiger partial charge is 0.478 e. The number of carboxylic acid groups (broad SMARTS) is 1. The van der Waals surface area contributed by atoms with Crippen LogP contribution in [0, 0.1) is 5.82 Å². The molecule has 4 heteroatoms. The van der Waals surface area contributed by atoms with Crippen molar-refractivity contribution in [1.82, 2.24) is 0 Å². The highest BCUT2D eigenvalue weighted by Gasteiger charge is 2.13. The van der Waals surface area contributed by atoms with Crippen molar-refractivity contribution in [3.8, 4) is 0 Å². The number of nitrogens with zero attached hydrogens (tertiary/aromatic N) is 1. The summed E-state index contributed by atoms with van der Waals surface area (Å²) in [6.07, 6.45) is 0. The molecule has 0 aliphatic rings. The van der Waals surface area contributed by atoms with E-state index >= 15 is 0 Å². The molecular formula is C11H12FNO2. The molecule has 80 valence electrons. The number of benzene rings is 1. The van der Waals surface area contributed by atoms with Gasteiger partial charge in [0.1, 0.15) is 5.82 Å². The lowest BCUT2D eigenvalue weighted by atomic mass is 10.0. The Balaban J connectivity index is 3.29. The topological polar surface area (TPSA) is 40.5 Å². The average molecular weight is 209 g/mol. The zero-order valence-corrected chi connectivity index (χ0v) is 8.62. The molecule has 0 heterocycles. The van der Waals surface area contributed by atoms with Gasteiger partial charge in [-0.3, -0.25) is 0 Å². The summed E-state index contributed by atoms with van der Waals surface area (Å²) < 4.78 is 13.0. The van der Waals surface area contributed by atoms with Crippen LogP contribution in [0.2, 0.25) is 0 Å². The summed E-state index contributed by atoms with van der Waals surface area (Å²) in [4.78, 5) is 12.4. The molecule has 0 spiro atoms.